The summed E-state index contributed by atoms with van der Waals surface area (Å²) in [5.74, 6) is 0.136. The van der Waals surface area contributed by atoms with Gasteiger partial charge < -0.3 is 10.2 Å². The highest BCUT2D eigenvalue weighted by molar-refractivity contribution is 5.61. The molecule has 0 aliphatic carbocycles. The van der Waals surface area contributed by atoms with E-state index in [9.17, 15) is 13.2 Å². The minimum absolute atomic E-state index is 0.136. The molecule has 23 heavy (non-hydrogen) atoms. The van der Waals surface area contributed by atoms with Crippen LogP contribution in [0.5, 0.6) is 0 Å². The third-order valence-electron chi connectivity index (χ3n) is 3.75. The molecular weight excluding hydrogens is 305 g/mol. The topological polar surface area (TPSA) is 41.1 Å². The molecule has 0 radical (unpaired) electrons. The number of aryl methyl sites for hydroxylation is 1. The highest BCUT2D eigenvalue weighted by Gasteiger charge is 2.34. The lowest BCUT2D eigenvalue weighted by Crippen LogP contribution is -2.44. The molecule has 1 N–H and O–H groups in total. The number of hydrogen-bond acceptors (Lipinski definition) is 4. The summed E-state index contributed by atoms with van der Waals surface area (Å²) < 4.78 is 39.5. The largest absolute Gasteiger partial charge is 0.433 e. The minimum atomic E-state index is -4.49. The van der Waals surface area contributed by atoms with Gasteiger partial charge in [0, 0.05) is 31.7 Å². The molecule has 1 aromatic heterocycles. The van der Waals surface area contributed by atoms with E-state index in [0.717, 1.165) is 11.6 Å². The molecule has 0 unspecified atom stereocenters. The maximum atomic E-state index is 13.2. The summed E-state index contributed by atoms with van der Waals surface area (Å²) in [6.45, 7) is 4.53. The first-order chi connectivity index (χ1) is 10.9. The zero-order valence-corrected chi connectivity index (χ0v) is 12.7. The fraction of sp³-hybridized carbons (Fsp3) is 0.375. The molecule has 0 saturated carbocycles. The van der Waals surface area contributed by atoms with Gasteiger partial charge in [0.25, 0.3) is 0 Å². The van der Waals surface area contributed by atoms with Crippen molar-refractivity contribution in [1.29, 1.82) is 0 Å². The van der Waals surface area contributed by atoms with Crippen LogP contribution in [-0.4, -0.2) is 36.1 Å². The second kappa shape index (κ2) is 6.16. The molecule has 1 aliphatic rings. The van der Waals surface area contributed by atoms with Crippen molar-refractivity contribution in [2.75, 3.05) is 31.1 Å². The van der Waals surface area contributed by atoms with Crippen LogP contribution in [0.2, 0.25) is 0 Å². The molecule has 4 nitrogen and oxygen atoms in total. The first-order valence-electron chi connectivity index (χ1n) is 7.42. The molecule has 2 heterocycles. The molecule has 122 valence electrons. The normalized spacial score (nSPS) is 15.7. The van der Waals surface area contributed by atoms with Crippen LogP contribution in [-0.2, 0) is 6.18 Å². The fourth-order valence-corrected chi connectivity index (χ4v) is 2.46. The van der Waals surface area contributed by atoms with Crippen molar-refractivity contribution < 1.29 is 13.2 Å². The van der Waals surface area contributed by atoms with E-state index in [1.54, 1.807) is 17.0 Å². The van der Waals surface area contributed by atoms with Gasteiger partial charge in [0.1, 0.15) is 0 Å². The zero-order valence-electron chi connectivity index (χ0n) is 12.7. The van der Waals surface area contributed by atoms with E-state index in [4.69, 9.17) is 0 Å². The Labute approximate surface area is 132 Å². The van der Waals surface area contributed by atoms with Crippen molar-refractivity contribution in [3.63, 3.8) is 0 Å². The predicted molar refractivity (Wildman–Crippen MR) is 82.3 cm³/mol. The minimum Gasteiger partial charge on any atom is -0.338 e. The van der Waals surface area contributed by atoms with Crippen LogP contribution in [0.15, 0.2) is 30.3 Å². The van der Waals surface area contributed by atoms with E-state index >= 15 is 0 Å². The molecule has 1 fully saturated rings. The van der Waals surface area contributed by atoms with Crippen LogP contribution >= 0.6 is 0 Å². The van der Waals surface area contributed by atoms with Gasteiger partial charge in [-0.3, -0.25) is 0 Å². The summed E-state index contributed by atoms with van der Waals surface area (Å²) in [7, 11) is 0. The Morgan fingerprint density at radius 1 is 1.04 bits per heavy atom. The Hall–Kier alpha value is -2.15. The van der Waals surface area contributed by atoms with Crippen molar-refractivity contribution in [2.24, 2.45) is 0 Å². The first-order valence-corrected chi connectivity index (χ1v) is 7.42. The molecule has 1 aromatic carbocycles. The molecule has 1 aliphatic heterocycles. The monoisotopic (exact) mass is 322 g/mol. The number of rotatable bonds is 2. The average Bonchev–Trinajstić information content (AvgIpc) is 2.55. The summed E-state index contributed by atoms with van der Waals surface area (Å²) in [5.41, 5.74) is 1.08. The Balaban J connectivity index is 2.05. The van der Waals surface area contributed by atoms with Crippen LogP contribution in [0.25, 0.3) is 11.3 Å². The Kier molecular flexibility index (Phi) is 4.21. The third-order valence-corrected chi connectivity index (χ3v) is 3.75. The van der Waals surface area contributed by atoms with Crippen LogP contribution in [0, 0.1) is 6.92 Å². The van der Waals surface area contributed by atoms with Crippen LogP contribution in [0.4, 0.5) is 19.1 Å². The maximum Gasteiger partial charge on any atom is 0.433 e. The molecule has 3 rings (SSSR count). The molecule has 1 saturated heterocycles. The number of halogens is 3. The lowest BCUT2D eigenvalue weighted by molar-refractivity contribution is -0.141. The lowest BCUT2D eigenvalue weighted by Gasteiger charge is -2.28. The van der Waals surface area contributed by atoms with Gasteiger partial charge >= 0.3 is 6.18 Å². The van der Waals surface area contributed by atoms with Crippen LogP contribution in [0.3, 0.4) is 0 Å². The van der Waals surface area contributed by atoms with E-state index in [2.05, 4.69) is 15.3 Å². The lowest BCUT2D eigenvalue weighted by atomic mass is 10.1. The van der Waals surface area contributed by atoms with E-state index in [1.165, 1.54) is 0 Å². The highest BCUT2D eigenvalue weighted by Crippen LogP contribution is 2.31. The molecule has 0 atom stereocenters. The second-order valence-electron chi connectivity index (χ2n) is 5.54. The SMILES string of the molecule is Cc1ccc(-c2cc(C(F)(F)F)nc(N3CCNCC3)n2)cc1. The van der Waals surface area contributed by atoms with Gasteiger partial charge in [-0.25, -0.2) is 9.97 Å². The summed E-state index contributed by atoms with van der Waals surface area (Å²) in [6.07, 6.45) is -4.49. The summed E-state index contributed by atoms with van der Waals surface area (Å²) in [4.78, 5) is 9.87. The second-order valence-corrected chi connectivity index (χ2v) is 5.54. The van der Waals surface area contributed by atoms with E-state index < -0.39 is 11.9 Å². The summed E-state index contributed by atoms with van der Waals surface area (Å²) >= 11 is 0. The van der Waals surface area contributed by atoms with Gasteiger partial charge in [0.2, 0.25) is 5.95 Å². The van der Waals surface area contributed by atoms with Gasteiger partial charge in [-0.1, -0.05) is 29.8 Å². The van der Waals surface area contributed by atoms with Gasteiger partial charge in [-0.05, 0) is 13.0 Å². The third kappa shape index (κ3) is 3.61. The number of hydrogen-bond donors (Lipinski definition) is 1. The Morgan fingerprint density at radius 2 is 1.70 bits per heavy atom. The van der Waals surface area contributed by atoms with E-state index in [-0.39, 0.29) is 5.95 Å². The van der Waals surface area contributed by atoms with Gasteiger partial charge in [0.15, 0.2) is 5.69 Å². The fourth-order valence-electron chi connectivity index (χ4n) is 2.46. The number of alkyl halides is 3. The van der Waals surface area contributed by atoms with Crippen molar-refractivity contribution in [3.8, 4) is 11.3 Å². The van der Waals surface area contributed by atoms with Gasteiger partial charge in [-0.15, -0.1) is 0 Å². The number of aromatic nitrogens is 2. The molecule has 7 heteroatoms. The Bertz CT molecular complexity index is 677. The molecule has 0 bridgehead atoms. The average molecular weight is 322 g/mol. The smallest absolute Gasteiger partial charge is 0.338 e. The van der Waals surface area contributed by atoms with Crippen LogP contribution < -0.4 is 10.2 Å². The number of nitrogens with zero attached hydrogens (tertiary/aromatic N) is 3. The summed E-state index contributed by atoms with van der Waals surface area (Å²) in [6, 6.07) is 8.28. The number of piperazine rings is 1. The van der Waals surface area contributed by atoms with Crippen molar-refractivity contribution in [3.05, 3.63) is 41.6 Å². The first kappa shape index (κ1) is 15.7. The van der Waals surface area contributed by atoms with Gasteiger partial charge in [0.05, 0.1) is 5.69 Å². The predicted octanol–water partition coefficient (Wildman–Crippen LogP) is 2.88. The number of benzene rings is 1. The molecule has 0 amide bonds. The van der Waals surface area contributed by atoms with Crippen molar-refractivity contribution in [2.45, 2.75) is 13.1 Å². The Morgan fingerprint density at radius 3 is 2.30 bits per heavy atom. The van der Waals surface area contributed by atoms with Crippen molar-refractivity contribution >= 4 is 5.95 Å². The number of nitrogens with one attached hydrogen (secondary N) is 1. The summed E-state index contributed by atoms with van der Waals surface area (Å²) in [5, 5.41) is 3.16. The van der Waals surface area contributed by atoms with E-state index in [1.807, 2.05) is 19.1 Å². The number of anilines is 1. The zero-order chi connectivity index (χ0) is 16.4. The van der Waals surface area contributed by atoms with Crippen LogP contribution in [0.1, 0.15) is 11.3 Å². The standard InChI is InChI=1S/C16H17F3N4/c1-11-2-4-12(5-3-11)13-10-14(16(17,18)19)22-15(21-13)23-8-6-20-7-9-23/h2-5,10,20H,6-9H2,1H3. The maximum absolute atomic E-state index is 13.2. The van der Waals surface area contributed by atoms with Crippen molar-refractivity contribution in [1.82, 2.24) is 15.3 Å². The van der Waals surface area contributed by atoms with Gasteiger partial charge in [-0.2, -0.15) is 13.2 Å². The highest BCUT2D eigenvalue weighted by atomic mass is 19.4. The molecule has 0 spiro atoms. The molecule has 2 aromatic rings. The molecular formula is C16H17F3N4. The quantitative estimate of drug-likeness (QED) is 0.923. The van der Waals surface area contributed by atoms with E-state index in [0.29, 0.717) is 37.4 Å².